The fourth-order valence-electron chi connectivity index (χ4n) is 4.98. The molecule has 4 aliphatic rings. The summed E-state index contributed by atoms with van der Waals surface area (Å²) in [7, 11) is 0. The Kier molecular flexibility index (Phi) is 4.18. The van der Waals surface area contributed by atoms with E-state index in [9.17, 15) is 13.6 Å². The summed E-state index contributed by atoms with van der Waals surface area (Å²) >= 11 is 0. The Morgan fingerprint density at radius 3 is 2.60 bits per heavy atom. The van der Waals surface area contributed by atoms with Gasteiger partial charge < -0.3 is 9.64 Å². The summed E-state index contributed by atoms with van der Waals surface area (Å²) in [4.78, 5) is 16.8. The lowest BCUT2D eigenvalue weighted by atomic mass is 9.75. The van der Waals surface area contributed by atoms with Crippen LogP contribution in [0.4, 0.5) is 13.6 Å². The van der Waals surface area contributed by atoms with Crippen LogP contribution in [0.3, 0.4) is 0 Å². The molecule has 0 aliphatic carbocycles. The third-order valence-electron chi connectivity index (χ3n) is 5.95. The molecular formula is C19H24F2N2O2. The van der Waals surface area contributed by atoms with Crippen LogP contribution in [0.5, 0.6) is 0 Å². The highest BCUT2D eigenvalue weighted by Gasteiger charge is 2.55. The molecule has 1 amide bonds. The Morgan fingerprint density at radius 1 is 1.20 bits per heavy atom. The van der Waals surface area contributed by atoms with Gasteiger partial charge in [-0.25, -0.2) is 13.6 Å². The van der Waals surface area contributed by atoms with Crippen LogP contribution in [0.25, 0.3) is 0 Å². The van der Waals surface area contributed by atoms with Gasteiger partial charge >= 0.3 is 6.09 Å². The lowest BCUT2D eigenvalue weighted by Crippen LogP contribution is -2.60. The Labute approximate surface area is 146 Å². The van der Waals surface area contributed by atoms with Gasteiger partial charge in [-0.1, -0.05) is 12.1 Å². The number of likely N-dealkylation sites (tertiary alicyclic amines) is 1. The maximum atomic E-state index is 14.5. The van der Waals surface area contributed by atoms with Crippen LogP contribution in [0.2, 0.25) is 0 Å². The third-order valence-corrected chi connectivity index (χ3v) is 5.95. The van der Waals surface area contributed by atoms with Crippen LogP contribution in [-0.2, 0) is 4.74 Å². The first kappa shape index (κ1) is 16.8. The molecule has 4 fully saturated rings. The Balaban J connectivity index is 1.71. The summed E-state index contributed by atoms with van der Waals surface area (Å²) in [6.45, 7) is 5.96. The first-order valence-electron chi connectivity index (χ1n) is 9.12. The number of halogens is 2. The molecule has 0 radical (unpaired) electrons. The molecule has 3 atom stereocenters. The number of nitrogens with zero attached hydrogens (tertiary/aromatic N) is 2. The van der Waals surface area contributed by atoms with Crippen molar-refractivity contribution >= 4 is 6.09 Å². The van der Waals surface area contributed by atoms with E-state index in [1.807, 2.05) is 13.8 Å². The van der Waals surface area contributed by atoms with Gasteiger partial charge in [0.2, 0.25) is 0 Å². The monoisotopic (exact) mass is 350 g/mol. The number of hydrogen-bond donors (Lipinski definition) is 0. The highest BCUT2D eigenvalue weighted by atomic mass is 19.2. The first-order valence-corrected chi connectivity index (χ1v) is 9.12. The van der Waals surface area contributed by atoms with E-state index >= 15 is 0 Å². The molecule has 25 heavy (non-hydrogen) atoms. The summed E-state index contributed by atoms with van der Waals surface area (Å²) in [5.41, 5.74) is 0.377. The summed E-state index contributed by atoms with van der Waals surface area (Å²) in [6.07, 6.45) is 1.56. The number of carbonyl (C=O) groups excluding carboxylic acids is 1. The fraction of sp³-hybridized carbons (Fsp3) is 0.632. The molecule has 4 saturated heterocycles. The number of benzene rings is 1. The highest BCUT2D eigenvalue weighted by molar-refractivity contribution is 5.69. The molecule has 0 unspecified atom stereocenters. The van der Waals surface area contributed by atoms with E-state index in [1.54, 1.807) is 17.0 Å². The van der Waals surface area contributed by atoms with E-state index in [0.717, 1.165) is 32.0 Å². The third kappa shape index (κ3) is 2.71. The Morgan fingerprint density at radius 2 is 1.92 bits per heavy atom. The van der Waals surface area contributed by atoms with Crippen molar-refractivity contribution in [3.05, 3.63) is 35.4 Å². The van der Waals surface area contributed by atoms with Crippen LogP contribution < -0.4 is 0 Å². The van der Waals surface area contributed by atoms with E-state index < -0.39 is 11.6 Å². The standard InChI is InChI=1S/C19H24F2N2O2/c1-11(2)25-19(24)23-10-14(13-4-3-5-15(20)16(13)21)18-17(23)12-6-8-22(18)9-7-12/h3-5,11-12,14,17-18H,6-10H2,1-2H3/t14-,17+,18+/m0/s1. The molecule has 4 aliphatic heterocycles. The van der Waals surface area contributed by atoms with Gasteiger partial charge in [-0.15, -0.1) is 0 Å². The molecule has 2 bridgehead atoms. The Hall–Kier alpha value is -1.69. The predicted molar refractivity (Wildman–Crippen MR) is 89.3 cm³/mol. The van der Waals surface area contributed by atoms with Gasteiger partial charge in [0.1, 0.15) is 0 Å². The van der Waals surface area contributed by atoms with Gasteiger partial charge in [-0.05, 0) is 57.3 Å². The lowest BCUT2D eigenvalue weighted by Gasteiger charge is -2.50. The average molecular weight is 350 g/mol. The summed E-state index contributed by atoms with van der Waals surface area (Å²) in [5.74, 6) is -1.42. The molecule has 1 aromatic rings. The molecular weight excluding hydrogens is 326 g/mol. The zero-order valence-corrected chi connectivity index (χ0v) is 14.6. The van der Waals surface area contributed by atoms with Crippen LogP contribution in [-0.4, -0.2) is 53.7 Å². The minimum absolute atomic E-state index is 0.0291. The molecule has 0 saturated carbocycles. The van der Waals surface area contributed by atoms with E-state index in [4.69, 9.17) is 4.74 Å². The smallest absolute Gasteiger partial charge is 0.410 e. The second-order valence-electron chi connectivity index (χ2n) is 7.69. The molecule has 6 heteroatoms. The molecule has 0 N–H and O–H groups in total. The SMILES string of the molecule is CC(C)OC(=O)N1C[C@@H](c2cccc(F)c2F)[C@@H]2[C@H]1C1CCN2CC1. The minimum atomic E-state index is -0.826. The van der Waals surface area contributed by atoms with E-state index in [-0.39, 0.29) is 30.2 Å². The van der Waals surface area contributed by atoms with Crippen molar-refractivity contribution in [3.63, 3.8) is 0 Å². The number of hydrogen-bond acceptors (Lipinski definition) is 3. The van der Waals surface area contributed by atoms with Gasteiger partial charge in [-0.3, -0.25) is 4.90 Å². The van der Waals surface area contributed by atoms with Crippen molar-refractivity contribution in [3.8, 4) is 0 Å². The van der Waals surface area contributed by atoms with Crippen molar-refractivity contribution in [2.45, 2.75) is 50.8 Å². The van der Waals surface area contributed by atoms with Crippen LogP contribution in [0.1, 0.15) is 38.2 Å². The van der Waals surface area contributed by atoms with Gasteiger partial charge in [0.25, 0.3) is 0 Å². The van der Waals surface area contributed by atoms with Gasteiger partial charge in [0, 0.05) is 18.5 Å². The van der Waals surface area contributed by atoms with Crippen LogP contribution in [0, 0.1) is 17.6 Å². The first-order chi connectivity index (χ1) is 12.0. The maximum Gasteiger partial charge on any atom is 0.410 e. The lowest BCUT2D eigenvalue weighted by molar-refractivity contribution is -0.0115. The summed E-state index contributed by atoms with van der Waals surface area (Å²) in [5, 5.41) is 0. The van der Waals surface area contributed by atoms with Crippen molar-refractivity contribution in [2.24, 2.45) is 5.92 Å². The number of rotatable bonds is 2. The van der Waals surface area contributed by atoms with Gasteiger partial charge in [-0.2, -0.15) is 0 Å². The highest BCUT2D eigenvalue weighted by Crippen LogP contribution is 2.47. The van der Waals surface area contributed by atoms with Gasteiger partial charge in [0.15, 0.2) is 11.6 Å². The molecule has 136 valence electrons. The number of amides is 1. The second-order valence-corrected chi connectivity index (χ2v) is 7.69. The van der Waals surface area contributed by atoms with Crippen molar-refractivity contribution in [1.82, 2.24) is 9.80 Å². The predicted octanol–water partition coefficient (Wildman–Crippen LogP) is 3.37. The van der Waals surface area contributed by atoms with Crippen LogP contribution >= 0.6 is 0 Å². The summed E-state index contributed by atoms with van der Waals surface area (Å²) < 4.78 is 33.7. The molecule has 1 aromatic carbocycles. The van der Waals surface area contributed by atoms with Crippen LogP contribution in [0.15, 0.2) is 18.2 Å². The molecule has 4 nitrogen and oxygen atoms in total. The normalized spacial score (nSPS) is 33.6. The number of fused-ring (bicyclic) bond motifs is 2. The molecule has 0 aromatic heterocycles. The second kappa shape index (κ2) is 6.24. The molecule has 5 rings (SSSR count). The number of piperidine rings is 3. The topological polar surface area (TPSA) is 32.8 Å². The van der Waals surface area contributed by atoms with E-state index in [2.05, 4.69) is 4.90 Å². The van der Waals surface area contributed by atoms with Crippen molar-refractivity contribution in [2.75, 3.05) is 19.6 Å². The van der Waals surface area contributed by atoms with Gasteiger partial charge in [0.05, 0.1) is 12.1 Å². The van der Waals surface area contributed by atoms with Crippen molar-refractivity contribution < 1.29 is 18.3 Å². The number of carbonyl (C=O) groups is 1. The summed E-state index contributed by atoms with van der Waals surface area (Å²) in [6, 6.07) is 4.42. The zero-order chi connectivity index (χ0) is 17.7. The van der Waals surface area contributed by atoms with E-state index in [1.165, 1.54) is 0 Å². The Bertz CT molecular complexity index is 673. The maximum absolute atomic E-state index is 14.5. The van der Waals surface area contributed by atoms with E-state index in [0.29, 0.717) is 18.0 Å². The largest absolute Gasteiger partial charge is 0.447 e. The average Bonchev–Trinajstić information content (AvgIpc) is 3.00. The fourth-order valence-corrected chi connectivity index (χ4v) is 4.98. The number of ether oxygens (including phenoxy) is 1. The molecule has 0 spiro atoms. The molecule has 4 heterocycles. The minimum Gasteiger partial charge on any atom is -0.447 e. The quantitative estimate of drug-likeness (QED) is 0.820. The zero-order valence-electron chi connectivity index (χ0n) is 14.6. The van der Waals surface area contributed by atoms with Crippen molar-refractivity contribution in [1.29, 1.82) is 0 Å².